The van der Waals surface area contributed by atoms with Crippen LogP contribution in [0.5, 0.6) is 0 Å². The SMILES string of the molecule is O=C(NCCCc1ccccc1Cl)c1ccc(Br)cc1. The fourth-order valence-corrected chi connectivity index (χ4v) is 2.38. The van der Waals surface area contributed by atoms with Gasteiger partial charge in [-0.3, -0.25) is 4.79 Å². The van der Waals surface area contributed by atoms with Gasteiger partial charge in [0.25, 0.3) is 5.91 Å². The second kappa shape index (κ2) is 7.46. The molecule has 20 heavy (non-hydrogen) atoms. The molecule has 2 nitrogen and oxygen atoms in total. The van der Waals surface area contributed by atoms with Crippen molar-refractivity contribution in [2.24, 2.45) is 0 Å². The number of hydrogen-bond acceptors (Lipinski definition) is 1. The van der Waals surface area contributed by atoms with Crippen LogP contribution in [-0.2, 0) is 6.42 Å². The van der Waals surface area contributed by atoms with E-state index < -0.39 is 0 Å². The van der Waals surface area contributed by atoms with Crippen molar-refractivity contribution in [3.63, 3.8) is 0 Å². The molecule has 104 valence electrons. The number of aryl methyl sites for hydroxylation is 1. The third-order valence-electron chi connectivity index (χ3n) is 2.97. The molecule has 0 spiro atoms. The molecule has 0 saturated carbocycles. The summed E-state index contributed by atoms with van der Waals surface area (Å²) in [5.41, 5.74) is 1.79. The summed E-state index contributed by atoms with van der Waals surface area (Å²) in [6.45, 7) is 0.639. The Kier molecular flexibility index (Phi) is 5.62. The van der Waals surface area contributed by atoms with Crippen molar-refractivity contribution in [2.45, 2.75) is 12.8 Å². The minimum absolute atomic E-state index is 0.0448. The van der Waals surface area contributed by atoms with Crippen LogP contribution in [0.2, 0.25) is 5.02 Å². The van der Waals surface area contributed by atoms with Gasteiger partial charge in [-0.25, -0.2) is 0 Å². The highest BCUT2D eigenvalue weighted by atomic mass is 79.9. The first-order valence-corrected chi connectivity index (χ1v) is 7.61. The summed E-state index contributed by atoms with van der Waals surface area (Å²) in [4.78, 5) is 11.9. The minimum atomic E-state index is -0.0448. The monoisotopic (exact) mass is 351 g/mol. The van der Waals surface area contributed by atoms with Crippen LogP contribution in [0.1, 0.15) is 22.3 Å². The number of halogens is 2. The van der Waals surface area contributed by atoms with Gasteiger partial charge in [-0.05, 0) is 48.7 Å². The highest BCUT2D eigenvalue weighted by molar-refractivity contribution is 9.10. The van der Waals surface area contributed by atoms with Gasteiger partial charge in [0.2, 0.25) is 0 Å². The van der Waals surface area contributed by atoms with E-state index in [0.29, 0.717) is 12.1 Å². The van der Waals surface area contributed by atoms with Crippen LogP contribution < -0.4 is 5.32 Å². The molecule has 0 atom stereocenters. The Labute approximate surface area is 132 Å². The van der Waals surface area contributed by atoms with E-state index >= 15 is 0 Å². The summed E-state index contributed by atoms with van der Waals surface area (Å²) in [5.74, 6) is -0.0448. The number of rotatable bonds is 5. The highest BCUT2D eigenvalue weighted by Gasteiger charge is 2.04. The fraction of sp³-hybridized carbons (Fsp3) is 0.188. The first kappa shape index (κ1) is 15.1. The van der Waals surface area contributed by atoms with Crippen LogP contribution in [0.15, 0.2) is 53.0 Å². The number of amides is 1. The molecule has 0 aromatic heterocycles. The summed E-state index contributed by atoms with van der Waals surface area (Å²) in [7, 11) is 0. The molecule has 0 saturated heterocycles. The van der Waals surface area contributed by atoms with E-state index in [1.54, 1.807) is 12.1 Å². The van der Waals surface area contributed by atoms with Crippen molar-refractivity contribution >= 4 is 33.4 Å². The number of carbonyl (C=O) groups excluding carboxylic acids is 1. The zero-order valence-corrected chi connectivity index (χ0v) is 13.2. The third-order valence-corrected chi connectivity index (χ3v) is 3.87. The van der Waals surface area contributed by atoms with E-state index in [4.69, 9.17) is 11.6 Å². The first-order chi connectivity index (χ1) is 9.66. The Balaban J connectivity index is 1.77. The normalized spacial score (nSPS) is 10.3. The molecular weight excluding hydrogens is 338 g/mol. The average Bonchev–Trinajstić information content (AvgIpc) is 2.46. The topological polar surface area (TPSA) is 29.1 Å². The largest absolute Gasteiger partial charge is 0.352 e. The Morgan fingerprint density at radius 1 is 1.10 bits per heavy atom. The first-order valence-electron chi connectivity index (χ1n) is 6.44. The molecule has 0 aliphatic heterocycles. The molecule has 2 rings (SSSR count). The molecule has 0 radical (unpaired) electrons. The quantitative estimate of drug-likeness (QED) is 0.791. The molecule has 1 amide bonds. The predicted octanol–water partition coefficient (Wildman–Crippen LogP) is 4.47. The molecule has 0 fully saturated rings. The summed E-state index contributed by atoms with van der Waals surface area (Å²) in [6.07, 6.45) is 1.73. The van der Waals surface area contributed by atoms with Crippen molar-refractivity contribution in [1.82, 2.24) is 5.32 Å². The molecule has 0 aliphatic rings. The zero-order valence-electron chi connectivity index (χ0n) is 10.9. The lowest BCUT2D eigenvalue weighted by Gasteiger charge is -2.06. The van der Waals surface area contributed by atoms with Crippen LogP contribution in [-0.4, -0.2) is 12.5 Å². The number of carbonyl (C=O) groups is 1. The second-order valence-corrected chi connectivity index (χ2v) is 5.78. The highest BCUT2D eigenvalue weighted by Crippen LogP contribution is 2.16. The second-order valence-electron chi connectivity index (χ2n) is 4.46. The molecule has 0 heterocycles. The van der Waals surface area contributed by atoms with Crippen LogP contribution in [0.4, 0.5) is 0 Å². The van der Waals surface area contributed by atoms with E-state index in [2.05, 4.69) is 21.2 Å². The third kappa shape index (κ3) is 4.36. The van der Waals surface area contributed by atoms with Gasteiger partial charge in [-0.2, -0.15) is 0 Å². The van der Waals surface area contributed by atoms with Crippen molar-refractivity contribution in [3.05, 3.63) is 69.2 Å². The van der Waals surface area contributed by atoms with Crippen molar-refractivity contribution in [2.75, 3.05) is 6.54 Å². The maximum Gasteiger partial charge on any atom is 0.251 e. The summed E-state index contributed by atoms with van der Waals surface area (Å²) in [5, 5.41) is 3.69. The van der Waals surface area contributed by atoms with E-state index in [9.17, 15) is 4.79 Å². The molecule has 2 aromatic rings. The molecule has 0 aliphatic carbocycles. The van der Waals surface area contributed by atoms with Gasteiger partial charge >= 0.3 is 0 Å². The lowest BCUT2D eigenvalue weighted by molar-refractivity contribution is 0.0953. The Bertz CT molecular complexity index is 583. The van der Waals surface area contributed by atoms with Gasteiger partial charge in [0, 0.05) is 21.6 Å². The molecule has 4 heteroatoms. The summed E-state index contributed by atoms with van der Waals surface area (Å²) in [6, 6.07) is 15.1. The summed E-state index contributed by atoms with van der Waals surface area (Å²) < 4.78 is 0.966. The van der Waals surface area contributed by atoms with Crippen LogP contribution in [0.3, 0.4) is 0 Å². The molecule has 0 bridgehead atoms. The Morgan fingerprint density at radius 3 is 2.50 bits per heavy atom. The lowest BCUT2D eigenvalue weighted by atomic mass is 10.1. The standard InChI is InChI=1S/C16H15BrClNO/c17-14-9-7-13(8-10-14)16(20)19-11-3-5-12-4-1-2-6-15(12)18/h1-2,4,6-10H,3,5,11H2,(H,19,20). The number of nitrogens with one attached hydrogen (secondary N) is 1. The lowest BCUT2D eigenvalue weighted by Crippen LogP contribution is -2.24. The van der Waals surface area contributed by atoms with Crippen LogP contribution in [0.25, 0.3) is 0 Å². The maximum absolute atomic E-state index is 11.9. The van der Waals surface area contributed by atoms with Crippen molar-refractivity contribution in [3.8, 4) is 0 Å². The van der Waals surface area contributed by atoms with E-state index in [0.717, 1.165) is 27.9 Å². The van der Waals surface area contributed by atoms with Crippen molar-refractivity contribution in [1.29, 1.82) is 0 Å². The number of hydrogen-bond donors (Lipinski definition) is 1. The summed E-state index contributed by atoms with van der Waals surface area (Å²) >= 11 is 9.43. The minimum Gasteiger partial charge on any atom is -0.352 e. The average molecular weight is 353 g/mol. The Morgan fingerprint density at radius 2 is 1.80 bits per heavy atom. The van der Waals surface area contributed by atoms with Crippen molar-refractivity contribution < 1.29 is 4.79 Å². The van der Waals surface area contributed by atoms with Gasteiger partial charge in [0.05, 0.1) is 0 Å². The van der Waals surface area contributed by atoms with E-state index in [-0.39, 0.29) is 5.91 Å². The number of benzene rings is 2. The fourth-order valence-electron chi connectivity index (χ4n) is 1.89. The smallest absolute Gasteiger partial charge is 0.251 e. The van der Waals surface area contributed by atoms with E-state index in [1.807, 2.05) is 36.4 Å². The predicted molar refractivity (Wildman–Crippen MR) is 86.2 cm³/mol. The molecular formula is C16H15BrClNO. The maximum atomic E-state index is 11.9. The van der Waals surface area contributed by atoms with Gasteiger partial charge in [-0.15, -0.1) is 0 Å². The van der Waals surface area contributed by atoms with Crippen LogP contribution in [0, 0.1) is 0 Å². The Hall–Kier alpha value is -1.32. The zero-order chi connectivity index (χ0) is 14.4. The molecule has 0 unspecified atom stereocenters. The van der Waals surface area contributed by atoms with Gasteiger partial charge in [0.1, 0.15) is 0 Å². The van der Waals surface area contributed by atoms with Gasteiger partial charge in [0.15, 0.2) is 0 Å². The molecule has 2 aromatic carbocycles. The van der Waals surface area contributed by atoms with Crippen LogP contribution >= 0.6 is 27.5 Å². The van der Waals surface area contributed by atoms with Gasteiger partial charge in [-0.1, -0.05) is 45.7 Å². The molecule has 1 N–H and O–H groups in total. The van der Waals surface area contributed by atoms with E-state index in [1.165, 1.54) is 0 Å². The van der Waals surface area contributed by atoms with Gasteiger partial charge < -0.3 is 5.32 Å².